The van der Waals surface area contributed by atoms with Crippen LogP contribution in [0.15, 0.2) is 0 Å². The molecule has 0 saturated heterocycles. The zero-order valence-electron chi connectivity index (χ0n) is 38.6. The molecule has 0 aromatic rings. The van der Waals surface area contributed by atoms with Crippen LogP contribution >= 0.6 is 7.60 Å². The summed E-state index contributed by atoms with van der Waals surface area (Å²) in [5, 5.41) is 13.5. The fraction of sp³-hybridized carbons (Fsp3) is 0.875. The van der Waals surface area contributed by atoms with Crippen molar-refractivity contribution in [1.82, 2.24) is 26.6 Å². The summed E-state index contributed by atoms with van der Waals surface area (Å²) in [7, 11) is 0.819. The number of nitrogens with one attached hydrogen (secondary N) is 5. The predicted molar refractivity (Wildman–Crippen MR) is 231 cm³/mol. The van der Waals surface area contributed by atoms with Crippen LogP contribution in [0, 0.1) is 0 Å². The van der Waals surface area contributed by atoms with Gasteiger partial charge in [-0.1, -0.05) is 13.8 Å². The molecule has 0 aromatic carbocycles. The van der Waals surface area contributed by atoms with Crippen molar-refractivity contribution in [2.75, 3.05) is 160 Å². The molecule has 5 N–H and O–H groups in total. The Bertz CT molecular complexity index is 1260. The Morgan fingerprint density at radius 1 is 0.453 bits per heavy atom. The van der Waals surface area contributed by atoms with E-state index in [1.165, 1.54) is 7.11 Å². The third-order valence-corrected chi connectivity index (χ3v) is 10.3. The first-order chi connectivity index (χ1) is 30.9. The van der Waals surface area contributed by atoms with Crippen LogP contribution in [0.2, 0.25) is 0 Å². The molecule has 64 heavy (non-hydrogen) atoms. The predicted octanol–water partition coefficient (Wildman–Crippen LogP) is -1.32. The lowest BCUT2D eigenvalue weighted by atomic mass is 10.1. The van der Waals surface area contributed by atoms with E-state index in [9.17, 15) is 33.4 Å². The van der Waals surface area contributed by atoms with E-state index < -0.39 is 49.0 Å². The van der Waals surface area contributed by atoms with E-state index in [-0.39, 0.29) is 117 Å². The summed E-state index contributed by atoms with van der Waals surface area (Å²) in [5.74, 6) is -2.44. The minimum Gasteiger partial charge on any atom is -0.778 e. The summed E-state index contributed by atoms with van der Waals surface area (Å²) in [6.45, 7) is 8.56. The number of rotatable bonds is 46. The van der Waals surface area contributed by atoms with Gasteiger partial charge < -0.3 is 87.9 Å². The third kappa shape index (κ3) is 37.3. The van der Waals surface area contributed by atoms with Crippen LogP contribution in [0.3, 0.4) is 0 Å². The molecule has 0 spiro atoms. The molecule has 23 nitrogen and oxygen atoms in total. The fourth-order valence-electron chi connectivity index (χ4n) is 4.91. The largest absolute Gasteiger partial charge is 0.778 e. The summed E-state index contributed by atoms with van der Waals surface area (Å²) in [6.07, 6.45) is 0.253. The molecule has 5 amide bonds. The van der Waals surface area contributed by atoms with Crippen LogP contribution in [0.1, 0.15) is 52.4 Å². The highest BCUT2D eigenvalue weighted by Gasteiger charge is 2.25. The van der Waals surface area contributed by atoms with E-state index in [0.717, 1.165) is 6.42 Å². The Morgan fingerprint density at radius 3 is 1.30 bits per heavy atom. The van der Waals surface area contributed by atoms with Crippen molar-refractivity contribution in [2.45, 2.75) is 70.1 Å². The van der Waals surface area contributed by atoms with Crippen molar-refractivity contribution < 1.29 is 85.3 Å². The molecule has 0 saturated carbocycles. The van der Waals surface area contributed by atoms with Gasteiger partial charge in [0.1, 0.15) is 19.7 Å². The van der Waals surface area contributed by atoms with Crippen LogP contribution in [0.4, 0.5) is 0 Å². The van der Waals surface area contributed by atoms with Crippen molar-refractivity contribution in [3.8, 4) is 0 Å². The quantitative estimate of drug-likeness (QED) is 0.0349. The molecule has 0 aromatic heterocycles. The zero-order valence-corrected chi connectivity index (χ0v) is 39.5. The second-order valence-corrected chi connectivity index (χ2v) is 16.5. The van der Waals surface area contributed by atoms with Crippen LogP contribution in [0.25, 0.3) is 0 Å². The van der Waals surface area contributed by atoms with Crippen LogP contribution < -0.4 is 31.5 Å². The molecule has 0 aliphatic heterocycles. The van der Waals surface area contributed by atoms with Gasteiger partial charge >= 0.3 is 0 Å². The van der Waals surface area contributed by atoms with Crippen molar-refractivity contribution in [2.24, 2.45) is 0 Å². The van der Waals surface area contributed by atoms with Crippen molar-refractivity contribution in [3.63, 3.8) is 0 Å². The van der Waals surface area contributed by atoms with Gasteiger partial charge in [0.15, 0.2) is 0 Å². The van der Waals surface area contributed by atoms with Gasteiger partial charge in [-0.2, -0.15) is 0 Å². The zero-order chi connectivity index (χ0) is 47.5. The maximum Gasteiger partial charge on any atom is 0.242 e. The second-order valence-electron chi connectivity index (χ2n) is 14.1. The molecule has 0 aliphatic carbocycles. The first-order valence-corrected chi connectivity index (χ1v) is 23.4. The topological polar surface area (TPSA) is 287 Å². The molecule has 0 radical (unpaired) electrons. The molecular weight excluding hydrogens is 869 g/mol. The molecular formula is C40H77N5O18P-. The Kier molecular flexibility index (Phi) is 40.8. The maximum atomic E-state index is 13.2. The molecule has 0 aliphatic rings. The van der Waals surface area contributed by atoms with Crippen molar-refractivity contribution in [3.05, 3.63) is 0 Å². The summed E-state index contributed by atoms with van der Waals surface area (Å²) in [4.78, 5) is 76.5. The van der Waals surface area contributed by atoms with Gasteiger partial charge in [0.25, 0.3) is 0 Å². The van der Waals surface area contributed by atoms with Gasteiger partial charge in [-0.25, -0.2) is 0 Å². The Balaban J connectivity index is 4.94. The van der Waals surface area contributed by atoms with E-state index in [4.69, 9.17) is 51.9 Å². The lowest BCUT2D eigenvalue weighted by Crippen LogP contribution is -2.50. The molecule has 0 rings (SSSR count). The monoisotopic (exact) mass is 947 g/mol. The van der Waals surface area contributed by atoms with E-state index in [0.29, 0.717) is 59.5 Å². The minimum absolute atomic E-state index is 0.00527. The average Bonchev–Trinajstić information content (AvgIpc) is 3.26. The van der Waals surface area contributed by atoms with E-state index in [2.05, 4.69) is 26.6 Å². The summed E-state index contributed by atoms with van der Waals surface area (Å²) in [6, 6.07) is -2.17. The molecule has 3 atom stereocenters. The average molecular weight is 947 g/mol. The highest BCUT2D eigenvalue weighted by Crippen LogP contribution is 2.41. The SMILES string of the molecule is COCCCOCCNC(=O)CCC(NC(=O)CCC(NC(=O)CCOCCOCCOCCOCCOP(=O)([O-])C(C)C)C(=O)NCCOCCOC)C(=O)NCCOCCOC. The van der Waals surface area contributed by atoms with Gasteiger partial charge in [0, 0.05) is 79.1 Å². The van der Waals surface area contributed by atoms with Gasteiger partial charge in [-0.3, -0.25) is 24.0 Å². The fourth-order valence-corrected chi connectivity index (χ4v) is 5.53. The van der Waals surface area contributed by atoms with Crippen LogP contribution in [0.5, 0.6) is 0 Å². The number of carbonyl (C=O) groups excluding carboxylic acids is 5. The molecule has 24 heteroatoms. The third-order valence-electron chi connectivity index (χ3n) is 8.50. The molecule has 0 fully saturated rings. The maximum absolute atomic E-state index is 13.2. The number of methoxy groups -OCH3 is 3. The normalized spacial score (nSPS) is 13.2. The minimum atomic E-state index is -3.86. The first kappa shape index (κ1) is 61.1. The number of hydrogen-bond acceptors (Lipinski definition) is 18. The van der Waals surface area contributed by atoms with E-state index in [1.807, 2.05) is 0 Å². The second kappa shape index (κ2) is 42.7. The lowest BCUT2D eigenvalue weighted by molar-refractivity contribution is -0.201. The summed E-state index contributed by atoms with van der Waals surface area (Å²) in [5.41, 5.74) is -0.595. The van der Waals surface area contributed by atoms with Crippen molar-refractivity contribution in [1.29, 1.82) is 0 Å². The number of ether oxygens (including phenoxy) is 10. The molecule has 0 heterocycles. The number of carbonyl (C=O) groups is 5. The number of amides is 5. The van der Waals surface area contributed by atoms with E-state index >= 15 is 0 Å². The van der Waals surface area contributed by atoms with E-state index in [1.54, 1.807) is 28.1 Å². The van der Waals surface area contributed by atoms with Crippen molar-refractivity contribution >= 4 is 37.1 Å². The highest BCUT2D eigenvalue weighted by atomic mass is 31.2. The number of hydrogen-bond donors (Lipinski definition) is 5. The summed E-state index contributed by atoms with van der Waals surface area (Å²) >= 11 is 0. The van der Waals surface area contributed by atoms with Crippen LogP contribution in [-0.4, -0.2) is 207 Å². The molecule has 0 bridgehead atoms. The lowest BCUT2D eigenvalue weighted by Gasteiger charge is -2.26. The molecule has 3 unspecified atom stereocenters. The highest BCUT2D eigenvalue weighted by molar-refractivity contribution is 7.52. The van der Waals surface area contributed by atoms with Gasteiger partial charge in [0.2, 0.25) is 29.5 Å². The smallest absolute Gasteiger partial charge is 0.242 e. The Hall–Kier alpha value is -2.90. The van der Waals surface area contributed by atoms with Gasteiger partial charge in [0.05, 0.1) is 106 Å². The van der Waals surface area contributed by atoms with Crippen LogP contribution in [-0.2, 0) is 80.4 Å². The van der Waals surface area contributed by atoms with Gasteiger partial charge in [-0.15, -0.1) is 0 Å². The van der Waals surface area contributed by atoms with Gasteiger partial charge in [-0.05, 0) is 19.3 Å². The Morgan fingerprint density at radius 2 is 0.828 bits per heavy atom. The standard InChI is InChI=1S/C40H78N5O18P/c1-33(2)64(51,52)63-32-31-62-30-29-61-28-27-60-26-25-57-17-11-38(48)45-35(40(50)43-14-20-59-24-22-55-5)8-10-37(47)44-34(39(49)42-13-19-58-23-21-54-4)7-9-36(46)41-12-18-56-16-6-15-53-3/h33-35H,6-32H2,1-5H3,(H,41,46)(H,42,49)(H,43,50)(H,44,47)(H,45,48)(H,51,52)/p-1. The first-order valence-electron chi connectivity index (χ1n) is 21.7. The Labute approximate surface area is 378 Å². The molecule has 376 valence electrons. The summed E-state index contributed by atoms with van der Waals surface area (Å²) < 4.78 is 69.2.